The Bertz CT molecular complexity index is 396. The number of nitrogens with one attached hydrogen (secondary N) is 1. The van der Waals surface area contributed by atoms with Gasteiger partial charge in [-0.2, -0.15) is 0 Å². The maximum Gasteiger partial charge on any atom is 0.146 e. The summed E-state index contributed by atoms with van der Waals surface area (Å²) in [6.45, 7) is 8.59. The summed E-state index contributed by atoms with van der Waals surface area (Å²) in [6, 6.07) is 5.43. The Labute approximate surface area is 121 Å². The average molecular weight is 282 g/mol. The number of aliphatic hydroxyl groups excluding tert-OH is 1. The Hall–Kier alpha value is -1.13. The van der Waals surface area contributed by atoms with Gasteiger partial charge in [0.2, 0.25) is 0 Å². The first-order valence-corrected chi connectivity index (χ1v) is 7.47. The highest BCUT2D eigenvalue weighted by atomic mass is 19.1. The van der Waals surface area contributed by atoms with E-state index in [1.165, 1.54) is 6.07 Å². The molecule has 0 heterocycles. The van der Waals surface area contributed by atoms with Crippen molar-refractivity contribution in [2.24, 2.45) is 0 Å². The molecule has 20 heavy (non-hydrogen) atoms. The zero-order valence-corrected chi connectivity index (χ0v) is 12.8. The molecule has 0 saturated heterocycles. The molecule has 0 aliphatic carbocycles. The molecule has 0 radical (unpaired) electrons. The Morgan fingerprint density at radius 2 is 2.10 bits per heavy atom. The van der Waals surface area contributed by atoms with Crippen LogP contribution in [-0.2, 0) is 6.54 Å². The molecule has 2 N–H and O–H groups in total. The van der Waals surface area contributed by atoms with Gasteiger partial charge in [0.1, 0.15) is 5.82 Å². The predicted molar refractivity (Wildman–Crippen MR) is 82.6 cm³/mol. The highest BCUT2D eigenvalue weighted by molar-refractivity contribution is 5.55. The zero-order valence-electron chi connectivity index (χ0n) is 12.8. The molecule has 0 aliphatic heterocycles. The number of nitrogens with zero attached hydrogens (tertiary/aromatic N) is 1. The lowest BCUT2D eigenvalue weighted by Crippen LogP contribution is -2.34. The summed E-state index contributed by atoms with van der Waals surface area (Å²) in [7, 11) is 0. The molecule has 1 aromatic carbocycles. The van der Waals surface area contributed by atoms with Gasteiger partial charge in [0.25, 0.3) is 0 Å². The van der Waals surface area contributed by atoms with E-state index in [0.29, 0.717) is 25.2 Å². The number of anilines is 1. The van der Waals surface area contributed by atoms with E-state index in [2.05, 4.69) is 12.2 Å². The number of halogens is 1. The second-order valence-electron chi connectivity index (χ2n) is 5.29. The van der Waals surface area contributed by atoms with Crippen molar-refractivity contribution in [3.63, 3.8) is 0 Å². The van der Waals surface area contributed by atoms with E-state index in [1.54, 1.807) is 6.07 Å². The lowest BCUT2D eigenvalue weighted by molar-refractivity contribution is 0.288. The highest BCUT2D eigenvalue weighted by Gasteiger charge is 2.18. The molecule has 0 aliphatic rings. The van der Waals surface area contributed by atoms with Crippen LogP contribution in [-0.4, -0.2) is 30.8 Å². The molecule has 3 nitrogen and oxygen atoms in total. The molecule has 0 bridgehead atoms. The summed E-state index contributed by atoms with van der Waals surface area (Å²) in [5.74, 6) is -0.188. The molecular weight excluding hydrogens is 255 g/mol. The van der Waals surface area contributed by atoms with Crippen LogP contribution in [0.5, 0.6) is 0 Å². The Kier molecular flexibility index (Phi) is 7.55. The van der Waals surface area contributed by atoms with Crippen molar-refractivity contribution < 1.29 is 9.50 Å². The minimum Gasteiger partial charge on any atom is -0.396 e. The predicted octanol–water partition coefficient (Wildman–Crippen LogP) is 2.92. The monoisotopic (exact) mass is 282 g/mol. The molecule has 1 aromatic rings. The van der Waals surface area contributed by atoms with Crippen LogP contribution in [0.2, 0.25) is 0 Å². The van der Waals surface area contributed by atoms with Crippen molar-refractivity contribution in [1.29, 1.82) is 0 Å². The molecular formula is C16H27FN2O. The standard InChI is InChI=1S/C16H27FN2O/c1-4-9-18-12-14-7-5-8-15(17)16(14)19(13(2)3)10-6-11-20/h5,7-8,13,18,20H,4,6,9-12H2,1-3H3. The number of hydrogen-bond acceptors (Lipinski definition) is 3. The van der Waals surface area contributed by atoms with E-state index in [4.69, 9.17) is 5.11 Å². The highest BCUT2D eigenvalue weighted by Crippen LogP contribution is 2.26. The van der Waals surface area contributed by atoms with Gasteiger partial charge in [-0.05, 0) is 44.9 Å². The Morgan fingerprint density at radius 1 is 1.35 bits per heavy atom. The lowest BCUT2D eigenvalue weighted by atomic mass is 10.1. The van der Waals surface area contributed by atoms with E-state index in [1.807, 2.05) is 24.8 Å². The average Bonchev–Trinajstić information content (AvgIpc) is 2.41. The van der Waals surface area contributed by atoms with Gasteiger partial charge in [-0.25, -0.2) is 4.39 Å². The first kappa shape index (κ1) is 16.9. The quantitative estimate of drug-likeness (QED) is 0.684. The van der Waals surface area contributed by atoms with Gasteiger partial charge >= 0.3 is 0 Å². The van der Waals surface area contributed by atoms with Crippen molar-refractivity contribution in [1.82, 2.24) is 5.32 Å². The largest absolute Gasteiger partial charge is 0.396 e. The molecule has 0 amide bonds. The van der Waals surface area contributed by atoms with Gasteiger partial charge in [-0.15, -0.1) is 0 Å². The zero-order chi connectivity index (χ0) is 15.0. The third-order valence-electron chi connectivity index (χ3n) is 3.28. The number of benzene rings is 1. The van der Waals surface area contributed by atoms with Crippen LogP contribution >= 0.6 is 0 Å². The van der Waals surface area contributed by atoms with E-state index >= 15 is 0 Å². The summed E-state index contributed by atoms with van der Waals surface area (Å²) < 4.78 is 14.3. The maximum atomic E-state index is 14.3. The van der Waals surface area contributed by atoms with Gasteiger partial charge in [0.05, 0.1) is 5.69 Å². The molecule has 0 atom stereocenters. The van der Waals surface area contributed by atoms with Gasteiger partial charge in [-0.3, -0.25) is 0 Å². The fraction of sp³-hybridized carbons (Fsp3) is 0.625. The van der Waals surface area contributed by atoms with Crippen LogP contribution in [0.4, 0.5) is 10.1 Å². The summed E-state index contributed by atoms with van der Waals surface area (Å²) in [5.41, 5.74) is 1.64. The number of rotatable bonds is 9. The molecule has 0 aromatic heterocycles. The molecule has 114 valence electrons. The molecule has 4 heteroatoms. The van der Waals surface area contributed by atoms with Crippen LogP contribution in [0.1, 0.15) is 39.2 Å². The number of para-hydroxylation sites is 1. The molecule has 0 fully saturated rings. The minimum absolute atomic E-state index is 0.126. The lowest BCUT2D eigenvalue weighted by Gasteiger charge is -2.31. The summed E-state index contributed by atoms with van der Waals surface area (Å²) in [4.78, 5) is 2.04. The van der Waals surface area contributed by atoms with Gasteiger partial charge < -0.3 is 15.3 Å². The molecule has 0 spiro atoms. The topological polar surface area (TPSA) is 35.5 Å². The van der Waals surface area contributed by atoms with Crippen LogP contribution < -0.4 is 10.2 Å². The fourth-order valence-corrected chi connectivity index (χ4v) is 2.29. The SMILES string of the molecule is CCCNCc1cccc(F)c1N(CCCO)C(C)C. The normalized spacial score (nSPS) is 11.1. The van der Waals surface area contributed by atoms with E-state index in [-0.39, 0.29) is 18.5 Å². The molecule has 0 saturated carbocycles. The maximum absolute atomic E-state index is 14.3. The van der Waals surface area contributed by atoms with Crippen LogP contribution in [0.25, 0.3) is 0 Å². The van der Waals surface area contributed by atoms with Crippen molar-refractivity contribution in [2.45, 2.75) is 46.2 Å². The second-order valence-corrected chi connectivity index (χ2v) is 5.29. The van der Waals surface area contributed by atoms with Crippen molar-refractivity contribution in [2.75, 3.05) is 24.6 Å². The van der Waals surface area contributed by atoms with Crippen molar-refractivity contribution in [3.8, 4) is 0 Å². The second kappa shape index (κ2) is 8.93. The smallest absolute Gasteiger partial charge is 0.146 e. The van der Waals surface area contributed by atoms with E-state index < -0.39 is 0 Å². The number of aliphatic hydroxyl groups is 1. The fourth-order valence-electron chi connectivity index (χ4n) is 2.29. The summed E-state index contributed by atoms with van der Waals surface area (Å²) in [6.07, 6.45) is 1.71. The minimum atomic E-state index is -0.188. The van der Waals surface area contributed by atoms with Gasteiger partial charge in [0.15, 0.2) is 0 Å². The third kappa shape index (κ3) is 4.76. The van der Waals surface area contributed by atoms with Crippen LogP contribution in [0.3, 0.4) is 0 Å². The summed E-state index contributed by atoms with van der Waals surface area (Å²) >= 11 is 0. The van der Waals surface area contributed by atoms with E-state index in [9.17, 15) is 4.39 Å². The van der Waals surface area contributed by atoms with Crippen LogP contribution in [0, 0.1) is 5.82 Å². The van der Waals surface area contributed by atoms with Crippen molar-refractivity contribution >= 4 is 5.69 Å². The third-order valence-corrected chi connectivity index (χ3v) is 3.28. The Morgan fingerprint density at radius 3 is 2.70 bits per heavy atom. The first-order chi connectivity index (χ1) is 9.61. The molecule has 1 rings (SSSR count). The van der Waals surface area contributed by atoms with Crippen LogP contribution in [0.15, 0.2) is 18.2 Å². The van der Waals surface area contributed by atoms with E-state index in [0.717, 1.165) is 18.5 Å². The number of hydrogen-bond donors (Lipinski definition) is 2. The Balaban J connectivity index is 2.98. The van der Waals surface area contributed by atoms with Gasteiger partial charge in [0, 0.05) is 25.7 Å². The summed E-state index contributed by atoms with van der Waals surface area (Å²) in [5, 5.41) is 12.3. The molecule has 0 unspecified atom stereocenters. The first-order valence-electron chi connectivity index (χ1n) is 7.47. The van der Waals surface area contributed by atoms with Crippen molar-refractivity contribution in [3.05, 3.63) is 29.6 Å². The van der Waals surface area contributed by atoms with Gasteiger partial charge in [-0.1, -0.05) is 19.1 Å².